The predicted molar refractivity (Wildman–Crippen MR) is 112 cm³/mol. The lowest BCUT2D eigenvalue weighted by Gasteiger charge is -2.17. The molecule has 0 saturated carbocycles. The zero-order valence-electron chi connectivity index (χ0n) is 16.8. The van der Waals surface area contributed by atoms with Gasteiger partial charge in [0, 0.05) is 23.5 Å². The number of methoxy groups -OCH3 is 1. The first-order valence-corrected chi connectivity index (χ1v) is 9.54. The maximum absolute atomic E-state index is 12.7. The van der Waals surface area contributed by atoms with Crippen LogP contribution in [0.1, 0.15) is 34.5 Å². The van der Waals surface area contributed by atoms with E-state index in [4.69, 9.17) is 4.74 Å². The van der Waals surface area contributed by atoms with Crippen molar-refractivity contribution in [3.63, 3.8) is 0 Å². The molecule has 0 radical (unpaired) electrons. The van der Waals surface area contributed by atoms with E-state index >= 15 is 0 Å². The number of benzene rings is 2. The molecule has 0 saturated heterocycles. The largest absolute Gasteiger partial charge is 0.496 e. The van der Waals surface area contributed by atoms with Gasteiger partial charge in [-0.05, 0) is 55.0 Å². The van der Waals surface area contributed by atoms with Gasteiger partial charge in [-0.1, -0.05) is 6.07 Å². The number of amides is 1. The summed E-state index contributed by atoms with van der Waals surface area (Å²) in [6.45, 7) is 2.55. The van der Waals surface area contributed by atoms with Gasteiger partial charge in [-0.15, -0.1) is 0 Å². The molecule has 1 N–H and O–H groups in total. The van der Waals surface area contributed by atoms with E-state index in [9.17, 15) is 4.79 Å². The third-order valence-corrected chi connectivity index (χ3v) is 4.86. The van der Waals surface area contributed by atoms with Gasteiger partial charge in [0.05, 0.1) is 25.4 Å². The van der Waals surface area contributed by atoms with Crippen LogP contribution in [-0.4, -0.2) is 37.6 Å². The van der Waals surface area contributed by atoms with Crippen molar-refractivity contribution in [3.8, 4) is 11.4 Å². The number of hydrogen-bond acceptors (Lipinski definition) is 5. The van der Waals surface area contributed by atoms with Crippen molar-refractivity contribution >= 4 is 5.91 Å². The smallest absolute Gasteiger partial charge is 0.251 e. The summed E-state index contributed by atoms with van der Waals surface area (Å²) >= 11 is 0. The van der Waals surface area contributed by atoms with Gasteiger partial charge in [0.15, 0.2) is 0 Å². The summed E-state index contributed by atoms with van der Waals surface area (Å²) in [4.78, 5) is 16.6. The minimum absolute atomic E-state index is 0.142. The molecule has 0 bridgehead atoms. The Hall–Kier alpha value is -3.94. The second kappa shape index (κ2) is 8.60. The lowest BCUT2D eigenvalue weighted by Crippen LogP contribution is -2.26. The summed E-state index contributed by atoms with van der Waals surface area (Å²) in [5.41, 5.74) is 3.41. The highest BCUT2D eigenvalue weighted by Crippen LogP contribution is 2.24. The summed E-state index contributed by atoms with van der Waals surface area (Å²) in [5.74, 6) is 0.647. The number of carbonyl (C=O) groups excluding carboxylic acids is 1. The van der Waals surface area contributed by atoms with Crippen molar-refractivity contribution in [2.24, 2.45) is 0 Å². The highest BCUT2D eigenvalue weighted by atomic mass is 16.5. The van der Waals surface area contributed by atoms with Gasteiger partial charge >= 0.3 is 0 Å². The van der Waals surface area contributed by atoms with Crippen LogP contribution < -0.4 is 10.1 Å². The Morgan fingerprint density at radius 2 is 2.00 bits per heavy atom. The van der Waals surface area contributed by atoms with Crippen LogP contribution in [0.3, 0.4) is 0 Å². The summed E-state index contributed by atoms with van der Waals surface area (Å²) in [7, 11) is 1.65. The zero-order valence-corrected chi connectivity index (χ0v) is 16.8. The van der Waals surface area contributed by atoms with Crippen LogP contribution in [-0.2, 0) is 6.54 Å². The van der Waals surface area contributed by atoms with E-state index in [0.717, 1.165) is 22.6 Å². The van der Waals surface area contributed by atoms with Crippen LogP contribution in [0.2, 0.25) is 0 Å². The van der Waals surface area contributed by atoms with E-state index < -0.39 is 0 Å². The molecule has 0 aliphatic carbocycles. The monoisotopic (exact) mass is 402 g/mol. The quantitative estimate of drug-likeness (QED) is 0.513. The van der Waals surface area contributed by atoms with Crippen molar-refractivity contribution < 1.29 is 9.53 Å². The van der Waals surface area contributed by atoms with Crippen molar-refractivity contribution in [1.82, 2.24) is 29.9 Å². The molecule has 0 aliphatic rings. The molecule has 8 heteroatoms. The lowest BCUT2D eigenvalue weighted by atomic mass is 10.0. The highest BCUT2D eigenvalue weighted by molar-refractivity contribution is 5.94. The van der Waals surface area contributed by atoms with Crippen LogP contribution in [0.15, 0.2) is 73.6 Å². The Morgan fingerprint density at radius 3 is 2.67 bits per heavy atom. The molecule has 0 fully saturated rings. The van der Waals surface area contributed by atoms with Crippen LogP contribution in [0.5, 0.6) is 5.75 Å². The highest BCUT2D eigenvalue weighted by Gasteiger charge is 2.14. The molecule has 8 nitrogen and oxygen atoms in total. The molecule has 4 aromatic rings. The molecule has 2 heterocycles. The van der Waals surface area contributed by atoms with Gasteiger partial charge in [0.2, 0.25) is 0 Å². The van der Waals surface area contributed by atoms with E-state index in [0.29, 0.717) is 12.1 Å². The number of nitrogens with one attached hydrogen (secondary N) is 1. The van der Waals surface area contributed by atoms with E-state index in [2.05, 4.69) is 20.5 Å². The van der Waals surface area contributed by atoms with E-state index in [1.54, 1.807) is 36.4 Å². The Bertz CT molecular complexity index is 1110. The molecule has 0 aliphatic heterocycles. The van der Waals surface area contributed by atoms with Crippen LogP contribution in [0.25, 0.3) is 5.69 Å². The first-order valence-electron chi connectivity index (χ1n) is 9.54. The number of hydrogen-bond donors (Lipinski definition) is 1. The Kier molecular flexibility index (Phi) is 5.56. The minimum atomic E-state index is -0.172. The van der Waals surface area contributed by atoms with Gasteiger partial charge in [-0.2, -0.15) is 10.2 Å². The number of nitrogens with zero attached hydrogens (tertiary/aromatic N) is 5. The average Bonchev–Trinajstić information content (AvgIpc) is 3.48. The number of carbonyl (C=O) groups is 1. The SMILES string of the molecule is COc1ccc(C(C)NC(=O)c2ccc(-n3cncn3)cc2)cc1Cn1cccn1. The lowest BCUT2D eigenvalue weighted by molar-refractivity contribution is 0.0940. The molecule has 2 aromatic heterocycles. The summed E-state index contributed by atoms with van der Waals surface area (Å²) in [6, 6.07) is 14.9. The summed E-state index contributed by atoms with van der Waals surface area (Å²) < 4.78 is 8.96. The van der Waals surface area contributed by atoms with Crippen molar-refractivity contribution in [2.75, 3.05) is 7.11 Å². The average molecular weight is 402 g/mol. The van der Waals surface area contributed by atoms with Gasteiger partial charge < -0.3 is 10.1 Å². The molecular weight excluding hydrogens is 380 g/mol. The Labute approximate surface area is 174 Å². The Morgan fingerprint density at radius 1 is 1.17 bits per heavy atom. The first kappa shape index (κ1) is 19.4. The van der Waals surface area contributed by atoms with Crippen molar-refractivity contribution in [1.29, 1.82) is 0 Å². The van der Waals surface area contributed by atoms with E-state index in [-0.39, 0.29) is 11.9 Å². The molecule has 30 heavy (non-hydrogen) atoms. The van der Waals surface area contributed by atoms with Gasteiger partial charge in [0.1, 0.15) is 18.4 Å². The van der Waals surface area contributed by atoms with Gasteiger partial charge in [-0.3, -0.25) is 9.48 Å². The zero-order chi connectivity index (χ0) is 20.9. The van der Waals surface area contributed by atoms with Crippen LogP contribution in [0.4, 0.5) is 0 Å². The second-order valence-corrected chi connectivity index (χ2v) is 6.86. The number of aromatic nitrogens is 5. The number of ether oxygens (including phenoxy) is 1. The maximum atomic E-state index is 12.7. The third-order valence-electron chi connectivity index (χ3n) is 4.86. The molecule has 1 unspecified atom stereocenters. The molecule has 0 spiro atoms. The molecular formula is C22H22N6O2. The van der Waals surface area contributed by atoms with E-state index in [1.807, 2.05) is 54.2 Å². The Balaban J connectivity index is 1.47. The molecule has 1 atom stereocenters. The van der Waals surface area contributed by atoms with Crippen molar-refractivity contribution in [2.45, 2.75) is 19.5 Å². The van der Waals surface area contributed by atoms with Gasteiger partial charge in [-0.25, -0.2) is 9.67 Å². The number of rotatable bonds is 7. The van der Waals surface area contributed by atoms with Gasteiger partial charge in [0.25, 0.3) is 5.91 Å². The summed E-state index contributed by atoms with van der Waals surface area (Å²) in [5, 5.41) is 11.4. The maximum Gasteiger partial charge on any atom is 0.251 e. The molecule has 2 aromatic carbocycles. The topological polar surface area (TPSA) is 86.9 Å². The van der Waals surface area contributed by atoms with E-state index in [1.165, 1.54) is 6.33 Å². The third kappa shape index (κ3) is 4.22. The predicted octanol–water partition coefficient (Wildman–Crippen LogP) is 3.01. The summed E-state index contributed by atoms with van der Waals surface area (Å²) in [6.07, 6.45) is 6.73. The fraction of sp³-hybridized carbons (Fsp3) is 0.182. The fourth-order valence-corrected chi connectivity index (χ4v) is 3.23. The minimum Gasteiger partial charge on any atom is -0.496 e. The van der Waals surface area contributed by atoms with Crippen LogP contribution >= 0.6 is 0 Å². The molecule has 1 amide bonds. The normalized spacial score (nSPS) is 11.8. The fourth-order valence-electron chi connectivity index (χ4n) is 3.23. The second-order valence-electron chi connectivity index (χ2n) is 6.86. The van der Waals surface area contributed by atoms with Crippen molar-refractivity contribution in [3.05, 3.63) is 90.3 Å². The standard InChI is InChI=1S/C22H22N6O2/c1-16(18-6-9-21(30-2)19(12-18)13-27-11-3-10-24-27)26-22(29)17-4-7-20(8-5-17)28-15-23-14-25-28/h3-12,14-16H,13H2,1-2H3,(H,26,29). The molecule has 4 rings (SSSR count). The molecule has 152 valence electrons. The first-order chi connectivity index (χ1) is 14.6. The van der Waals surface area contributed by atoms with Crippen LogP contribution in [0, 0.1) is 0 Å².